The van der Waals surface area contributed by atoms with Gasteiger partial charge in [0.15, 0.2) is 12.5 Å². The average molecular weight is 344 g/mol. The van der Waals surface area contributed by atoms with Crippen molar-refractivity contribution in [3.05, 3.63) is 53.9 Å². The van der Waals surface area contributed by atoms with Crippen LogP contribution in [0.4, 0.5) is 4.79 Å². The van der Waals surface area contributed by atoms with E-state index in [1.807, 2.05) is 12.1 Å². The molecule has 1 aliphatic heterocycles. The minimum absolute atomic E-state index is 0.264. The van der Waals surface area contributed by atoms with Crippen LogP contribution >= 0.6 is 11.8 Å². The number of benzene rings is 1. The van der Waals surface area contributed by atoms with Crippen molar-refractivity contribution < 1.29 is 23.5 Å². The fourth-order valence-corrected chi connectivity index (χ4v) is 3.48. The zero-order chi connectivity index (χ0) is 16.7. The maximum atomic E-state index is 11.7. The topological polar surface area (TPSA) is 106 Å². The van der Waals surface area contributed by atoms with Gasteiger partial charge in [-0.1, -0.05) is 17.8 Å². The summed E-state index contributed by atoms with van der Waals surface area (Å²) in [5.74, 6) is 0.0960. The molecule has 0 spiro atoms. The van der Waals surface area contributed by atoms with E-state index in [9.17, 15) is 14.7 Å². The molecule has 0 bridgehead atoms. The molecule has 2 unspecified atom stereocenters. The second kappa shape index (κ2) is 5.81. The van der Waals surface area contributed by atoms with Crippen molar-refractivity contribution in [1.82, 2.24) is 10.3 Å². The Balaban J connectivity index is 1.59. The summed E-state index contributed by atoms with van der Waals surface area (Å²) < 4.78 is 10.5. The van der Waals surface area contributed by atoms with Crippen molar-refractivity contribution in [3.8, 4) is 0 Å². The Morgan fingerprint density at radius 2 is 2.21 bits per heavy atom. The number of carbonyl (C=O) groups excluding carboxylic acids is 2. The van der Waals surface area contributed by atoms with E-state index in [1.54, 1.807) is 12.1 Å². The summed E-state index contributed by atoms with van der Waals surface area (Å²) in [6, 6.07) is 7.23. The molecule has 2 aromatic heterocycles. The molecular weight excluding hydrogens is 332 g/mol. The lowest BCUT2D eigenvalue weighted by Gasteiger charge is -2.04. The van der Waals surface area contributed by atoms with E-state index >= 15 is 0 Å². The van der Waals surface area contributed by atoms with Crippen molar-refractivity contribution in [2.75, 3.05) is 0 Å². The number of aliphatic hydroxyl groups is 1. The fourth-order valence-electron chi connectivity index (χ4n) is 2.62. The predicted molar refractivity (Wildman–Crippen MR) is 85.4 cm³/mol. The third kappa shape index (κ3) is 2.70. The highest BCUT2D eigenvalue weighted by atomic mass is 32.2. The molecule has 2 amide bonds. The molecule has 1 saturated heterocycles. The van der Waals surface area contributed by atoms with Crippen molar-refractivity contribution in [2.45, 2.75) is 17.8 Å². The van der Waals surface area contributed by atoms with Crippen LogP contribution in [0.25, 0.3) is 11.0 Å². The molecule has 8 heteroatoms. The summed E-state index contributed by atoms with van der Waals surface area (Å²) in [7, 11) is 0. The van der Waals surface area contributed by atoms with E-state index in [0.717, 1.165) is 22.7 Å². The van der Waals surface area contributed by atoms with Crippen LogP contribution in [0.1, 0.15) is 23.1 Å². The van der Waals surface area contributed by atoms with Gasteiger partial charge in [0.2, 0.25) is 5.91 Å². The van der Waals surface area contributed by atoms with Gasteiger partial charge in [0.1, 0.15) is 23.3 Å². The molecule has 2 atom stereocenters. The quantitative estimate of drug-likeness (QED) is 0.748. The van der Waals surface area contributed by atoms with Crippen LogP contribution in [0, 0.1) is 0 Å². The SMILES string of the molecule is O=C1NC(=O)C(Cc2ccc3oc(C(O)c4cocn4)cc3c2)S1. The third-order valence-corrected chi connectivity index (χ3v) is 4.77. The Morgan fingerprint density at radius 1 is 1.33 bits per heavy atom. The van der Waals surface area contributed by atoms with Gasteiger partial charge in [-0.25, -0.2) is 4.98 Å². The molecule has 24 heavy (non-hydrogen) atoms. The number of hydrogen-bond acceptors (Lipinski definition) is 7. The number of carbonyl (C=O) groups is 2. The maximum Gasteiger partial charge on any atom is 0.286 e. The molecule has 0 radical (unpaired) electrons. The largest absolute Gasteiger partial charge is 0.458 e. The summed E-state index contributed by atoms with van der Waals surface area (Å²) in [6.07, 6.45) is 2.04. The second-order valence-corrected chi connectivity index (χ2v) is 6.60. The number of oxazole rings is 1. The van der Waals surface area contributed by atoms with E-state index < -0.39 is 11.4 Å². The number of fused-ring (bicyclic) bond motifs is 1. The Morgan fingerprint density at radius 3 is 2.92 bits per heavy atom. The normalized spacial score (nSPS) is 19.0. The average Bonchev–Trinajstić information content (AvgIpc) is 3.27. The second-order valence-electron chi connectivity index (χ2n) is 5.42. The number of aromatic nitrogens is 1. The summed E-state index contributed by atoms with van der Waals surface area (Å²) in [5, 5.41) is 12.6. The number of nitrogens with zero attached hydrogens (tertiary/aromatic N) is 1. The molecule has 0 saturated carbocycles. The van der Waals surface area contributed by atoms with Gasteiger partial charge in [0, 0.05) is 5.39 Å². The highest BCUT2D eigenvalue weighted by molar-refractivity contribution is 8.15. The number of amides is 2. The lowest BCUT2D eigenvalue weighted by atomic mass is 10.1. The Bertz CT molecular complexity index is 918. The van der Waals surface area contributed by atoms with Gasteiger partial charge < -0.3 is 13.9 Å². The number of rotatable bonds is 4. The van der Waals surface area contributed by atoms with Gasteiger partial charge in [0.25, 0.3) is 5.24 Å². The van der Waals surface area contributed by atoms with Crippen LogP contribution in [-0.4, -0.2) is 26.5 Å². The van der Waals surface area contributed by atoms with E-state index in [-0.39, 0.29) is 11.1 Å². The molecule has 1 aliphatic rings. The number of hydrogen-bond donors (Lipinski definition) is 2. The summed E-state index contributed by atoms with van der Waals surface area (Å²) in [6.45, 7) is 0. The van der Waals surface area contributed by atoms with Crippen molar-refractivity contribution in [2.24, 2.45) is 0 Å². The zero-order valence-electron chi connectivity index (χ0n) is 12.3. The molecule has 1 fully saturated rings. The third-order valence-electron chi connectivity index (χ3n) is 3.79. The van der Waals surface area contributed by atoms with E-state index in [2.05, 4.69) is 10.3 Å². The van der Waals surface area contributed by atoms with Crippen LogP contribution in [0.3, 0.4) is 0 Å². The Hall–Kier alpha value is -2.58. The van der Waals surface area contributed by atoms with Gasteiger partial charge >= 0.3 is 0 Å². The van der Waals surface area contributed by atoms with Crippen molar-refractivity contribution in [3.63, 3.8) is 0 Å². The number of furan rings is 1. The minimum atomic E-state index is -1.01. The van der Waals surface area contributed by atoms with Crippen LogP contribution in [-0.2, 0) is 11.2 Å². The Kier molecular flexibility index (Phi) is 3.62. The van der Waals surface area contributed by atoms with E-state index in [0.29, 0.717) is 23.5 Å². The summed E-state index contributed by atoms with van der Waals surface area (Å²) in [5.41, 5.74) is 1.90. The first kappa shape index (κ1) is 15.0. The number of thioether (sulfide) groups is 1. The van der Waals surface area contributed by atoms with Gasteiger partial charge in [0.05, 0.1) is 5.25 Å². The maximum absolute atomic E-state index is 11.7. The number of nitrogens with one attached hydrogen (secondary N) is 1. The van der Waals surface area contributed by atoms with Crippen molar-refractivity contribution in [1.29, 1.82) is 0 Å². The molecular formula is C16H12N2O5S. The lowest BCUT2D eigenvalue weighted by Crippen LogP contribution is -2.25. The van der Waals surface area contributed by atoms with Gasteiger partial charge in [-0.3, -0.25) is 14.9 Å². The molecule has 0 aliphatic carbocycles. The Labute approximate surface area is 140 Å². The van der Waals surface area contributed by atoms with Gasteiger partial charge in [-0.2, -0.15) is 0 Å². The predicted octanol–water partition coefficient (Wildman–Crippen LogP) is 2.40. The fraction of sp³-hybridized carbons (Fsp3) is 0.188. The first-order chi connectivity index (χ1) is 11.6. The molecule has 3 heterocycles. The van der Waals surface area contributed by atoms with Crippen molar-refractivity contribution >= 4 is 33.9 Å². The lowest BCUT2D eigenvalue weighted by molar-refractivity contribution is -0.118. The van der Waals surface area contributed by atoms with Crippen LogP contribution in [0.15, 0.2) is 45.8 Å². The van der Waals surface area contributed by atoms with Gasteiger partial charge in [-0.15, -0.1) is 0 Å². The molecule has 3 aromatic rings. The summed E-state index contributed by atoms with van der Waals surface area (Å²) in [4.78, 5) is 26.8. The van der Waals surface area contributed by atoms with E-state index in [1.165, 1.54) is 12.7 Å². The summed E-state index contributed by atoms with van der Waals surface area (Å²) >= 11 is 1.00. The highest BCUT2D eigenvalue weighted by Gasteiger charge is 2.31. The number of aliphatic hydroxyl groups excluding tert-OH is 1. The van der Waals surface area contributed by atoms with E-state index in [4.69, 9.17) is 8.83 Å². The van der Waals surface area contributed by atoms with Crippen LogP contribution in [0.2, 0.25) is 0 Å². The molecule has 1 aromatic carbocycles. The molecule has 7 nitrogen and oxygen atoms in total. The monoisotopic (exact) mass is 344 g/mol. The first-order valence-corrected chi connectivity index (χ1v) is 8.08. The standard InChI is InChI=1S/C16H12N2O5S/c19-14(10-6-22-7-17-10)12-5-9-3-8(1-2-11(9)23-12)4-13-15(20)18-16(21)24-13/h1-3,5-7,13-14,19H,4H2,(H,18,20,21). The van der Waals surface area contributed by atoms with Crippen LogP contribution < -0.4 is 5.32 Å². The molecule has 122 valence electrons. The highest BCUT2D eigenvalue weighted by Crippen LogP contribution is 2.29. The van der Waals surface area contributed by atoms with Crippen LogP contribution in [0.5, 0.6) is 0 Å². The molecule has 2 N–H and O–H groups in total. The number of imide groups is 1. The van der Waals surface area contributed by atoms with Gasteiger partial charge in [-0.05, 0) is 30.2 Å². The zero-order valence-corrected chi connectivity index (χ0v) is 13.1. The minimum Gasteiger partial charge on any atom is -0.458 e. The smallest absolute Gasteiger partial charge is 0.286 e. The first-order valence-electron chi connectivity index (χ1n) is 7.20. The molecule has 4 rings (SSSR count).